The molecule has 2 amide bonds. The quantitative estimate of drug-likeness (QED) is 0.580. The fourth-order valence-electron chi connectivity index (χ4n) is 2.60. The van der Waals surface area contributed by atoms with Crippen LogP contribution in [0.25, 0.3) is 0 Å². The van der Waals surface area contributed by atoms with E-state index in [0.29, 0.717) is 12.1 Å². The van der Waals surface area contributed by atoms with Crippen molar-refractivity contribution in [3.05, 3.63) is 35.6 Å². The summed E-state index contributed by atoms with van der Waals surface area (Å²) >= 11 is 0. The van der Waals surface area contributed by atoms with Crippen LogP contribution in [0.5, 0.6) is 0 Å². The first-order valence-electron chi connectivity index (χ1n) is 8.34. The molecule has 132 valence electrons. The Morgan fingerprint density at radius 3 is 2.71 bits per heavy atom. The zero-order valence-corrected chi connectivity index (χ0v) is 13.8. The van der Waals surface area contributed by atoms with Crippen molar-refractivity contribution in [3.63, 3.8) is 0 Å². The summed E-state index contributed by atoms with van der Waals surface area (Å²) in [7, 11) is 0. The van der Waals surface area contributed by atoms with Crippen LogP contribution in [-0.4, -0.2) is 62.5 Å². The lowest BCUT2D eigenvalue weighted by Crippen LogP contribution is -2.44. The Kier molecular flexibility index (Phi) is 7.64. The first kappa shape index (κ1) is 18.4. The van der Waals surface area contributed by atoms with E-state index in [9.17, 15) is 14.0 Å². The lowest BCUT2D eigenvalue weighted by Gasteiger charge is -2.27. The highest BCUT2D eigenvalue weighted by atomic mass is 19.1. The van der Waals surface area contributed by atoms with Gasteiger partial charge in [0, 0.05) is 32.7 Å². The van der Waals surface area contributed by atoms with Crippen molar-refractivity contribution in [2.24, 2.45) is 0 Å². The van der Waals surface area contributed by atoms with Gasteiger partial charge in [0.1, 0.15) is 5.82 Å². The summed E-state index contributed by atoms with van der Waals surface area (Å²) < 4.78 is 13.0. The Labute approximate surface area is 141 Å². The summed E-state index contributed by atoms with van der Waals surface area (Å²) in [6.07, 6.45) is 0.955. The maximum atomic E-state index is 13.0. The van der Waals surface area contributed by atoms with Gasteiger partial charge in [-0.05, 0) is 30.7 Å². The predicted molar refractivity (Wildman–Crippen MR) is 90.1 cm³/mol. The van der Waals surface area contributed by atoms with Gasteiger partial charge in [-0.2, -0.15) is 0 Å². The summed E-state index contributed by atoms with van der Waals surface area (Å²) in [6.45, 7) is 5.64. The minimum Gasteiger partial charge on any atom is -0.355 e. The molecule has 0 aromatic heterocycles. The molecule has 1 aromatic rings. The van der Waals surface area contributed by atoms with Gasteiger partial charge in [-0.25, -0.2) is 4.39 Å². The van der Waals surface area contributed by atoms with Crippen molar-refractivity contribution >= 4 is 11.8 Å². The molecular formula is C17H25FN4O2. The van der Waals surface area contributed by atoms with Gasteiger partial charge in [-0.1, -0.05) is 12.1 Å². The highest BCUT2D eigenvalue weighted by Gasteiger charge is 2.09. The van der Waals surface area contributed by atoms with E-state index in [2.05, 4.69) is 20.9 Å². The average Bonchev–Trinajstić information content (AvgIpc) is 2.58. The van der Waals surface area contributed by atoms with Gasteiger partial charge < -0.3 is 20.9 Å². The third-order valence-electron chi connectivity index (χ3n) is 3.88. The van der Waals surface area contributed by atoms with E-state index in [1.165, 1.54) is 12.1 Å². The number of hydrogen-bond donors (Lipinski definition) is 3. The first-order valence-corrected chi connectivity index (χ1v) is 8.34. The maximum Gasteiger partial charge on any atom is 0.239 e. The van der Waals surface area contributed by atoms with E-state index >= 15 is 0 Å². The van der Waals surface area contributed by atoms with Gasteiger partial charge in [-0.3, -0.25) is 9.59 Å². The van der Waals surface area contributed by atoms with Crippen LogP contribution in [0.1, 0.15) is 12.0 Å². The summed E-state index contributed by atoms with van der Waals surface area (Å²) in [5.41, 5.74) is 0.587. The van der Waals surface area contributed by atoms with Crippen LogP contribution in [0, 0.1) is 5.82 Å². The number of piperazine rings is 1. The Hall–Kier alpha value is -1.99. The largest absolute Gasteiger partial charge is 0.355 e. The Morgan fingerprint density at radius 1 is 1.17 bits per heavy atom. The number of carbonyl (C=O) groups excluding carboxylic acids is 2. The number of halogens is 1. The van der Waals surface area contributed by atoms with Crippen molar-refractivity contribution in [1.29, 1.82) is 0 Å². The van der Waals surface area contributed by atoms with Crippen molar-refractivity contribution in [1.82, 2.24) is 20.9 Å². The molecule has 24 heavy (non-hydrogen) atoms. The lowest BCUT2D eigenvalue weighted by molar-refractivity contribution is -0.125. The van der Waals surface area contributed by atoms with E-state index in [0.717, 1.165) is 39.1 Å². The van der Waals surface area contributed by atoms with Gasteiger partial charge in [0.15, 0.2) is 0 Å². The predicted octanol–water partition coefficient (Wildman–Crippen LogP) is -0.104. The Bertz CT molecular complexity index is 547. The van der Waals surface area contributed by atoms with Crippen LogP contribution in [0.3, 0.4) is 0 Å². The minimum absolute atomic E-state index is 0.0538. The molecule has 6 nitrogen and oxygen atoms in total. The molecule has 7 heteroatoms. The molecule has 0 unspecified atom stereocenters. The number of rotatable bonds is 8. The van der Waals surface area contributed by atoms with Crippen molar-refractivity contribution in [3.8, 4) is 0 Å². The molecule has 1 aromatic carbocycles. The van der Waals surface area contributed by atoms with Crippen LogP contribution >= 0.6 is 0 Å². The topological polar surface area (TPSA) is 73.5 Å². The number of hydrogen-bond acceptors (Lipinski definition) is 4. The molecule has 0 radical (unpaired) electrons. The Balaban J connectivity index is 1.54. The fourth-order valence-corrected chi connectivity index (χ4v) is 2.60. The van der Waals surface area contributed by atoms with Crippen LogP contribution in [0.2, 0.25) is 0 Å². The van der Waals surface area contributed by atoms with E-state index in [4.69, 9.17) is 0 Å². The number of benzene rings is 1. The molecule has 1 aliphatic rings. The molecule has 0 atom stereocenters. The smallest absolute Gasteiger partial charge is 0.239 e. The SMILES string of the molecule is O=C(CNC(=O)Cc1cccc(F)c1)NCCCN1CCNCC1. The molecule has 0 bridgehead atoms. The normalized spacial score (nSPS) is 15.0. The summed E-state index contributed by atoms with van der Waals surface area (Å²) in [6, 6.07) is 5.88. The zero-order chi connectivity index (χ0) is 17.2. The van der Waals surface area contributed by atoms with Crippen LogP contribution in [-0.2, 0) is 16.0 Å². The molecular weight excluding hydrogens is 311 g/mol. The summed E-state index contributed by atoms with van der Waals surface area (Å²) in [4.78, 5) is 25.8. The fraction of sp³-hybridized carbons (Fsp3) is 0.529. The molecule has 2 rings (SSSR count). The second-order valence-corrected chi connectivity index (χ2v) is 5.88. The standard InChI is InChI=1S/C17H25FN4O2/c18-15-4-1-3-14(11-15)12-16(23)21-13-17(24)20-5-2-8-22-9-6-19-7-10-22/h1,3-4,11,19H,2,5-10,12-13H2,(H,20,24)(H,21,23). The number of nitrogens with one attached hydrogen (secondary N) is 3. The van der Waals surface area contributed by atoms with Crippen LogP contribution in [0.4, 0.5) is 4.39 Å². The third-order valence-corrected chi connectivity index (χ3v) is 3.88. The molecule has 0 spiro atoms. The summed E-state index contributed by atoms with van der Waals surface area (Å²) in [5.74, 6) is -0.873. The van der Waals surface area contributed by atoms with Crippen LogP contribution < -0.4 is 16.0 Å². The number of nitrogens with zero attached hydrogens (tertiary/aromatic N) is 1. The van der Waals surface area contributed by atoms with Crippen LogP contribution in [0.15, 0.2) is 24.3 Å². The molecule has 1 heterocycles. The maximum absolute atomic E-state index is 13.0. The van der Waals surface area contributed by atoms with Crippen molar-refractivity contribution in [2.45, 2.75) is 12.8 Å². The molecule has 0 saturated carbocycles. The lowest BCUT2D eigenvalue weighted by atomic mass is 10.1. The Morgan fingerprint density at radius 2 is 1.96 bits per heavy atom. The zero-order valence-electron chi connectivity index (χ0n) is 13.8. The van der Waals surface area contributed by atoms with Gasteiger partial charge in [0.25, 0.3) is 0 Å². The highest BCUT2D eigenvalue weighted by Crippen LogP contribution is 2.03. The van der Waals surface area contributed by atoms with E-state index < -0.39 is 0 Å². The van der Waals surface area contributed by atoms with Crippen molar-refractivity contribution < 1.29 is 14.0 Å². The third kappa shape index (κ3) is 7.06. The monoisotopic (exact) mass is 336 g/mol. The second kappa shape index (κ2) is 10.00. The molecule has 1 fully saturated rings. The first-order chi connectivity index (χ1) is 11.6. The van der Waals surface area contributed by atoms with Crippen molar-refractivity contribution in [2.75, 3.05) is 45.8 Å². The van der Waals surface area contributed by atoms with E-state index in [1.54, 1.807) is 12.1 Å². The minimum atomic E-state index is -0.373. The number of amides is 2. The van der Waals surface area contributed by atoms with Gasteiger partial charge in [0.05, 0.1) is 13.0 Å². The van der Waals surface area contributed by atoms with E-state index in [1.807, 2.05) is 0 Å². The molecule has 1 saturated heterocycles. The van der Waals surface area contributed by atoms with Gasteiger partial charge in [0.2, 0.25) is 11.8 Å². The van der Waals surface area contributed by atoms with Gasteiger partial charge >= 0.3 is 0 Å². The molecule has 3 N–H and O–H groups in total. The summed E-state index contributed by atoms with van der Waals surface area (Å²) in [5, 5.41) is 8.64. The van der Waals surface area contributed by atoms with E-state index in [-0.39, 0.29) is 30.6 Å². The number of carbonyl (C=O) groups is 2. The highest BCUT2D eigenvalue weighted by molar-refractivity contribution is 5.85. The molecule has 1 aliphatic heterocycles. The molecule has 0 aliphatic carbocycles. The average molecular weight is 336 g/mol. The van der Waals surface area contributed by atoms with Gasteiger partial charge in [-0.15, -0.1) is 0 Å². The second-order valence-electron chi connectivity index (χ2n) is 5.88.